The van der Waals surface area contributed by atoms with Gasteiger partial charge in [0.1, 0.15) is 5.82 Å². The standard InChI is InChI=1S/C25H27FN2O2S/c1-27(2)25(30)24-21(20-11-3-4-12-22(20)31-24)16-19-10-5-6-13-28(19)23(29)15-17-8-7-9-18(26)14-17/h3-4,7-9,11-12,14,19H,5-6,10,13,15-16H2,1-2H3. The molecule has 0 radical (unpaired) electrons. The van der Waals surface area contributed by atoms with Crippen molar-refractivity contribution in [2.45, 2.75) is 38.1 Å². The Morgan fingerprint density at radius 3 is 2.71 bits per heavy atom. The summed E-state index contributed by atoms with van der Waals surface area (Å²) in [4.78, 5) is 30.3. The molecular weight excluding hydrogens is 411 g/mol. The first-order valence-corrected chi connectivity index (χ1v) is 11.5. The van der Waals surface area contributed by atoms with Gasteiger partial charge in [-0.25, -0.2) is 4.39 Å². The van der Waals surface area contributed by atoms with E-state index in [2.05, 4.69) is 6.07 Å². The van der Waals surface area contributed by atoms with E-state index >= 15 is 0 Å². The van der Waals surface area contributed by atoms with Crippen molar-refractivity contribution in [2.75, 3.05) is 20.6 Å². The van der Waals surface area contributed by atoms with Crippen LogP contribution >= 0.6 is 11.3 Å². The monoisotopic (exact) mass is 438 g/mol. The molecule has 4 rings (SSSR count). The Balaban J connectivity index is 1.62. The number of likely N-dealkylation sites (tertiary alicyclic amines) is 1. The minimum atomic E-state index is -0.322. The summed E-state index contributed by atoms with van der Waals surface area (Å²) in [5.41, 5.74) is 1.73. The van der Waals surface area contributed by atoms with Crippen LogP contribution in [-0.4, -0.2) is 48.3 Å². The van der Waals surface area contributed by atoms with Gasteiger partial charge in [-0.1, -0.05) is 30.3 Å². The summed E-state index contributed by atoms with van der Waals surface area (Å²) in [5, 5.41) is 1.10. The van der Waals surface area contributed by atoms with E-state index < -0.39 is 0 Å². The minimum absolute atomic E-state index is 0.00430. The van der Waals surface area contributed by atoms with Crippen LogP contribution in [0.1, 0.15) is 40.1 Å². The molecule has 1 aliphatic rings. The number of amides is 2. The van der Waals surface area contributed by atoms with E-state index in [-0.39, 0.29) is 30.1 Å². The Morgan fingerprint density at radius 1 is 1.13 bits per heavy atom. The molecule has 2 amide bonds. The molecule has 0 N–H and O–H groups in total. The average Bonchev–Trinajstić information content (AvgIpc) is 3.12. The molecule has 0 spiro atoms. The molecular formula is C25H27FN2O2S. The van der Waals surface area contributed by atoms with Crippen LogP contribution in [0.25, 0.3) is 10.1 Å². The molecule has 1 atom stereocenters. The van der Waals surface area contributed by atoms with Crippen molar-refractivity contribution in [1.82, 2.24) is 9.80 Å². The first-order valence-electron chi connectivity index (χ1n) is 10.7. The Bertz CT molecular complexity index is 1110. The van der Waals surface area contributed by atoms with Gasteiger partial charge in [-0.15, -0.1) is 11.3 Å². The number of piperidine rings is 1. The molecule has 162 valence electrons. The third-order valence-corrected chi connectivity index (χ3v) is 7.13. The third-order valence-electron chi connectivity index (χ3n) is 5.93. The van der Waals surface area contributed by atoms with Crippen LogP contribution in [-0.2, 0) is 17.6 Å². The van der Waals surface area contributed by atoms with Crippen LogP contribution in [0, 0.1) is 5.82 Å². The maximum Gasteiger partial charge on any atom is 0.263 e. The van der Waals surface area contributed by atoms with E-state index in [1.807, 2.05) is 23.1 Å². The maximum atomic E-state index is 13.6. The molecule has 1 fully saturated rings. The van der Waals surface area contributed by atoms with Gasteiger partial charge in [0, 0.05) is 31.4 Å². The van der Waals surface area contributed by atoms with E-state index in [1.165, 1.54) is 23.5 Å². The molecule has 0 saturated carbocycles. The fourth-order valence-corrected chi connectivity index (χ4v) is 5.63. The molecule has 4 nitrogen and oxygen atoms in total. The highest BCUT2D eigenvalue weighted by molar-refractivity contribution is 7.21. The lowest BCUT2D eigenvalue weighted by molar-refractivity contribution is -0.134. The molecule has 3 aromatic rings. The highest BCUT2D eigenvalue weighted by Gasteiger charge is 2.30. The smallest absolute Gasteiger partial charge is 0.263 e. The van der Waals surface area contributed by atoms with Crippen molar-refractivity contribution in [3.05, 3.63) is 70.4 Å². The van der Waals surface area contributed by atoms with Gasteiger partial charge in [-0.3, -0.25) is 9.59 Å². The van der Waals surface area contributed by atoms with Crippen molar-refractivity contribution in [2.24, 2.45) is 0 Å². The van der Waals surface area contributed by atoms with E-state index in [4.69, 9.17) is 0 Å². The first-order chi connectivity index (χ1) is 14.9. The number of carbonyl (C=O) groups excluding carboxylic acids is 2. The zero-order valence-corrected chi connectivity index (χ0v) is 18.8. The number of benzene rings is 2. The van der Waals surface area contributed by atoms with Crippen LogP contribution in [0.4, 0.5) is 4.39 Å². The highest BCUT2D eigenvalue weighted by atomic mass is 32.1. The van der Waals surface area contributed by atoms with Gasteiger partial charge >= 0.3 is 0 Å². The molecule has 31 heavy (non-hydrogen) atoms. The topological polar surface area (TPSA) is 40.6 Å². The summed E-state index contributed by atoms with van der Waals surface area (Å²) in [7, 11) is 3.54. The fraction of sp³-hybridized carbons (Fsp3) is 0.360. The second kappa shape index (κ2) is 9.18. The molecule has 0 bridgehead atoms. The maximum absolute atomic E-state index is 13.6. The molecule has 6 heteroatoms. The molecule has 1 aromatic heterocycles. The van der Waals surface area contributed by atoms with E-state index in [0.717, 1.165) is 39.8 Å². The van der Waals surface area contributed by atoms with Crippen molar-refractivity contribution in [3.8, 4) is 0 Å². The van der Waals surface area contributed by atoms with Gasteiger partial charge in [0.15, 0.2) is 0 Å². The molecule has 1 saturated heterocycles. The minimum Gasteiger partial charge on any atom is -0.344 e. The number of nitrogens with zero attached hydrogens (tertiary/aromatic N) is 2. The molecule has 2 heterocycles. The SMILES string of the molecule is CN(C)C(=O)c1sc2ccccc2c1CC1CCCCN1C(=O)Cc1cccc(F)c1. The summed E-state index contributed by atoms with van der Waals surface area (Å²) < 4.78 is 14.7. The normalized spacial score (nSPS) is 16.5. The number of hydrogen-bond donors (Lipinski definition) is 0. The van der Waals surface area contributed by atoms with Crippen LogP contribution in [0.3, 0.4) is 0 Å². The summed E-state index contributed by atoms with van der Waals surface area (Å²) in [6.45, 7) is 0.706. The van der Waals surface area contributed by atoms with Crippen molar-refractivity contribution < 1.29 is 14.0 Å². The van der Waals surface area contributed by atoms with Gasteiger partial charge < -0.3 is 9.80 Å². The van der Waals surface area contributed by atoms with Crippen molar-refractivity contribution >= 4 is 33.2 Å². The molecule has 1 aliphatic heterocycles. The number of carbonyl (C=O) groups is 2. The van der Waals surface area contributed by atoms with Crippen molar-refractivity contribution in [3.63, 3.8) is 0 Å². The first kappa shape index (κ1) is 21.5. The number of rotatable bonds is 5. The lowest BCUT2D eigenvalue weighted by atomic mass is 9.93. The molecule has 0 aliphatic carbocycles. The summed E-state index contributed by atoms with van der Waals surface area (Å²) in [6.07, 6.45) is 3.80. The van der Waals surface area contributed by atoms with Crippen LogP contribution in [0.5, 0.6) is 0 Å². The number of fused-ring (bicyclic) bond motifs is 1. The Morgan fingerprint density at radius 2 is 1.94 bits per heavy atom. The number of hydrogen-bond acceptors (Lipinski definition) is 3. The summed E-state index contributed by atoms with van der Waals surface area (Å²) in [6, 6.07) is 14.4. The quantitative estimate of drug-likeness (QED) is 0.568. The Labute approximate surface area is 186 Å². The Kier molecular flexibility index (Phi) is 6.37. The van der Waals surface area contributed by atoms with E-state index in [0.29, 0.717) is 18.5 Å². The molecule has 1 unspecified atom stereocenters. The zero-order chi connectivity index (χ0) is 22.0. The highest BCUT2D eigenvalue weighted by Crippen LogP contribution is 2.35. The van der Waals surface area contributed by atoms with Gasteiger partial charge in [0.25, 0.3) is 5.91 Å². The average molecular weight is 439 g/mol. The van der Waals surface area contributed by atoms with Gasteiger partial charge in [0.2, 0.25) is 5.91 Å². The predicted molar refractivity (Wildman–Crippen MR) is 123 cm³/mol. The zero-order valence-electron chi connectivity index (χ0n) is 17.9. The van der Waals surface area contributed by atoms with Crippen LogP contribution in [0.2, 0.25) is 0 Å². The summed E-state index contributed by atoms with van der Waals surface area (Å²) in [5.74, 6) is -0.294. The van der Waals surface area contributed by atoms with Crippen LogP contribution < -0.4 is 0 Å². The fourth-order valence-electron chi connectivity index (χ4n) is 4.38. The van der Waals surface area contributed by atoms with Crippen molar-refractivity contribution in [1.29, 1.82) is 0 Å². The number of thiophene rings is 1. The van der Waals surface area contributed by atoms with E-state index in [1.54, 1.807) is 31.1 Å². The lowest BCUT2D eigenvalue weighted by Gasteiger charge is -2.36. The van der Waals surface area contributed by atoms with E-state index in [9.17, 15) is 14.0 Å². The molecule has 2 aromatic carbocycles. The van der Waals surface area contributed by atoms with Gasteiger partial charge in [0.05, 0.1) is 11.3 Å². The number of halogens is 1. The van der Waals surface area contributed by atoms with Gasteiger partial charge in [-0.05, 0) is 60.4 Å². The Hall–Kier alpha value is -2.73. The lowest BCUT2D eigenvalue weighted by Crippen LogP contribution is -2.45. The largest absolute Gasteiger partial charge is 0.344 e. The second-order valence-electron chi connectivity index (χ2n) is 8.35. The second-order valence-corrected chi connectivity index (χ2v) is 9.41. The van der Waals surface area contributed by atoms with Crippen LogP contribution in [0.15, 0.2) is 48.5 Å². The third kappa shape index (κ3) is 4.64. The summed E-state index contributed by atoms with van der Waals surface area (Å²) >= 11 is 1.53. The predicted octanol–water partition coefficient (Wildman–Crippen LogP) is 4.91. The van der Waals surface area contributed by atoms with Gasteiger partial charge in [-0.2, -0.15) is 0 Å².